The molecule has 1 aromatic carbocycles. The van der Waals surface area contributed by atoms with Crippen molar-refractivity contribution in [2.75, 3.05) is 13.6 Å². The zero-order chi connectivity index (χ0) is 15.5. The third-order valence-corrected chi connectivity index (χ3v) is 5.36. The highest BCUT2D eigenvalue weighted by Gasteiger charge is 2.26. The molecule has 0 aliphatic carbocycles. The molecule has 1 aromatic heterocycles. The van der Waals surface area contributed by atoms with Crippen LogP contribution < -0.4 is 5.73 Å². The summed E-state index contributed by atoms with van der Waals surface area (Å²) in [6, 6.07) is 9.50. The van der Waals surface area contributed by atoms with Gasteiger partial charge in [0.05, 0.1) is 12.7 Å². The summed E-state index contributed by atoms with van der Waals surface area (Å²) in [6.45, 7) is 2.58. The molecule has 2 aromatic rings. The van der Waals surface area contributed by atoms with Crippen molar-refractivity contribution in [3.05, 3.63) is 48.3 Å². The molecular formula is C14H20N4O2S. The Kier molecular flexibility index (Phi) is 4.76. The number of sulfonamides is 1. The van der Waals surface area contributed by atoms with E-state index in [0.717, 1.165) is 5.56 Å². The van der Waals surface area contributed by atoms with Crippen LogP contribution in [0.2, 0.25) is 0 Å². The van der Waals surface area contributed by atoms with Crippen LogP contribution in [0, 0.1) is 0 Å². The van der Waals surface area contributed by atoms with Gasteiger partial charge in [-0.3, -0.25) is 4.68 Å². The smallest absolute Gasteiger partial charge is 0.246 e. The van der Waals surface area contributed by atoms with Crippen molar-refractivity contribution >= 4 is 10.0 Å². The Morgan fingerprint density at radius 1 is 1.33 bits per heavy atom. The van der Waals surface area contributed by atoms with E-state index in [2.05, 4.69) is 5.10 Å². The van der Waals surface area contributed by atoms with Crippen LogP contribution in [0.3, 0.4) is 0 Å². The fraction of sp³-hybridized carbons (Fsp3) is 0.357. The van der Waals surface area contributed by atoms with Crippen molar-refractivity contribution in [2.24, 2.45) is 5.73 Å². The molecule has 0 bridgehead atoms. The van der Waals surface area contributed by atoms with E-state index in [-0.39, 0.29) is 17.5 Å². The van der Waals surface area contributed by atoms with Crippen molar-refractivity contribution < 1.29 is 8.42 Å². The molecule has 6 nitrogen and oxygen atoms in total. The van der Waals surface area contributed by atoms with Gasteiger partial charge < -0.3 is 5.73 Å². The first-order chi connectivity index (χ1) is 9.95. The van der Waals surface area contributed by atoms with Crippen molar-refractivity contribution in [2.45, 2.75) is 24.4 Å². The summed E-state index contributed by atoms with van der Waals surface area (Å²) in [4.78, 5) is 0.182. The van der Waals surface area contributed by atoms with Crippen molar-refractivity contribution in [3.8, 4) is 0 Å². The van der Waals surface area contributed by atoms with E-state index in [0.29, 0.717) is 6.54 Å². The van der Waals surface area contributed by atoms with Crippen LogP contribution >= 0.6 is 0 Å². The standard InChI is InChI=1S/C14H20N4O2S/c1-12(8-15)17(2)21(19,20)14-9-16-18(11-14)10-13-6-4-3-5-7-13/h3-7,9,11-12H,8,10,15H2,1-2H3. The van der Waals surface area contributed by atoms with E-state index in [1.807, 2.05) is 30.3 Å². The summed E-state index contributed by atoms with van der Waals surface area (Å²) in [7, 11) is -2.02. The van der Waals surface area contributed by atoms with Gasteiger partial charge >= 0.3 is 0 Å². The molecule has 0 amide bonds. The monoisotopic (exact) mass is 308 g/mol. The van der Waals surface area contributed by atoms with Gasteiger partial charge in [-0.05, 0) is 12.5 Å². The fourth-order valence-electron chi connectivity index (χ4n) is 1.89. The van der Waals surface area contributed by atoms with Crippen molar-refractivity contribution in [3.63, 3.8) is 0 Å². The maximum absolute atomic E-state index is 12.4. The van der Waals surface area contributed by atoms with E-state index < -0.39 is 10.0 Å². The minimum Gasteiger partial charge on any atom is -0.329 e. The summed E-state index contributed by atoms with van der Waals surface area (Å²) in [5.74, 6) is 0. The average Bonchev–Trinajstić information content (AvgIpc) is 2.96. The molecule has 0 saturated carbocycles. The molecule has 0 fully saturated rings. The molecule has 21 heavy (non-hydrogen) atoms. The second kappa shape index (κ2) is 6.38. The summed E-state index contributed by atoms with van der Waals surface area (Å²) in [5.41, 5.74) is 6.59. The van der Waals surface area contributed by atoms with Crippen LogP contribution in [0.5, 0.6) is 0 Å². The Labute approximate surface area is 125 Å². The molecule has 1 heterocycles. The Bertz CT molecular complexity index is 682. The van der Waals surface area contributed by atoms with Gasteiger partial charge in [0.15, 0.2) is 0 Å². The Balaban J connectivity index is 2.19. The molecule has 2 rings (SSSR count). The lowest BCUT2D eigenvalue weighted by Crippen LogP contribution is -2.39. The number of hydrogen-bond donors (Lipinski definition) is 1. The first-order valence-corrected chi connectivity index (χ1v) is 8.13. The van der Waals surface area contributed by atoms with Crippen LogP contribution in [0.25, 0.3) is 0 Å². The molecule has 0 aliphatic rings. The number of rotatable bonds is 6. The second-order valence-electron chi connectivity index (χ2n) is 4.97. The maximum atomic E-state index is 12.4. The quantitative estimate of drug-likeness (QED) is 0.859. The number of nitrogens with zero attached hydrogens (tertiary/aromatic N) is 3. The first-order valence-electron chi connectivity index (χ1n) is 6.69. The Morgan fingerprint density at radius 2 is 2.00 bits per heavy atom. The largest absolute Gasteiger partial charge is 0.329 e. The van der Waals surface area contributed by atoms with E-state index in [9.17, 15) is 8.42 Å². The SMILES string of the molecule is CC(CN)N(C)S(=O)(=O)c1cnn(Cc2ccccc2)c1. The van der Waals surface area contributed by atoms with Crippen molar-refractivity contribution in [1.82, 2.24) is 14.1 Å². The second-order valence-corrected chi connectivity index (χ2v) is 6.96. The lowest BCUT2D eigenvalue weighted by molar-refractivity contribution is 0.394. The van der Waals surface area contributed by atoms with Gasteiger partial charge in [-0.25, -0.2) is 8.42 Å². The highest BCUT2D eigenvalue weighted by Crippen LogP contribution is 2.16. The molecule has 1 atom stereocenters. The van der Waals surface area contributed by atoms with Crippen LogP contribution in [-0.4, -0.2) is 42.1 Å². The number of benzene rings is 1. The fourth-order valence-corrected chi connectivity index (χ4v) is 3.21. The van der Waals surface area contributed by atoms with E-state index >= 15 is 0 Å². The van der Waals surface area contributed by atoms with Crippen molar-refractivity contribution in [1.29, 1.82) is 0 Å². The zero-order valence-electron chi connectivity index (χ0n) is 12.2. The molecule has 0 aliphatic heterocycles. The number of hydrogen-bond acceptors (Lipinski definition) is 4. The lowest BCUT2D eigenvalue weighted by atomic mass is 10.2. The van der Waals surface area contributed by atoms with Crippen LogP contribution in [0.1, 0.15) is 12.5 Å². The summed E-state index contributed by atoms with van der Waals surface area (Å²) >= 11 is 0. The van der Waals surface area contributed by atoms with Gasteiger partial charge in [0.1, 0.15) is 4.90 Å². The van der Waals surface area contributed by atoms with Gasteiger partial charge in [0.2, 0.25) is 10.0 Å². The van der Waals surface area contributed by atoms with Crippen LogP contribution in [0.15, 0.2) is 47.6 Å². The van der Waals surface area contributed by atoms with Gasteiger partial charge in [0, 0.05) is 25.8 Å². The molecule has 1 unspecified atom stereocenters. The highest BCUT2D eigenvalue weighted by atomic mass is 32.2. The van der Waals surface area contributed by atoms with Gasteiger partial charge in [-0.1, -0.05) is 30.3 Å². The van der Waals surface area contributed by atoms with Gasteiger partial charge in [-0.15, -0.1) is 0 Å². The Morgan fingerprint density at radius 3 is 2.62 bits per heavy atom. The summed E-state index contributed by atoms with van der Waals surface area (Å²) in [5, 5.41) is 4.12. The number of aromatic nitrogens is 2. The molecule has 7 heteroatoms. The highest BCUT2D eigenvalue weighted by molar-refractivity contribution is 7.89. The predicted octanol–water partition coefficient (Wildman–Crippen LogP) is 0.899. The summed E-state index contributed by atoms with van der Waals surface area (Å²) in [6.07, 6.45) is 2.92. The number of likely N-dealkylation sites (N-methyl/N-ethyl adjacent to an activating group) is 1. The lowest BCUT2D eigenvalue weighted by Gasteiger charge is -2.21. The third kappa shape index (κ3) is 3.49. The number of nitrogens with two attached hydrogens (primary N) is 1. The normalized spacial score (nSPS) is 13.5. The summed E-state index contributed by atoms with van der Waals surface area (Å²) < 4.78 is 27.7. The maximum Gasteiger partial charge on any atom is 0.246 e. The minimum absolute atomic E-state index is 0.182. The molecule has 2 N–H and O–H groups in total. The van der Waals surface area contributed by atoms with E-state index in [1.165, 1.54) is 17.5 Å². The van der Waals surface area contributed by atoms with Crippen LogP contribution in [0.4, 0.5) is 0 Å². The Hall–Kier alpha value is -1.70. The molecular weight excluding hydrogens is 288 g/mol. The van der Waals surface area contributed by atoms with E-state index in [1.54, 1.807) is 17.8 Å². The zero-order valence-corrected chi connectivity index (χ0v) is 13.0. The topological polar surface area (TPSA) is 81.2 Å². The predicted molar refractivity (Wildman–Crippen MR) is 81.2 cm³/mol. The molecule has 114 valence electrons. The molecule has 0 saturated heterocycles. The van der Waals surface area contributed by atoms with E-state index in [4.69, 9.17) is 5.73 Å². The molecule has 0 spiro atoms. The van der Waals surface area contributed by atoms with Crippen LogP contribution in [-0.2, 0) is 16.6 Å². The van der Waals surface area contributed by atoms with Gasteiger partial charge in [0.25, 0.3) is 0 Å². The average molecular weight is 308 g/mol. The first kappa shape index (κ1) is 15.7. The third-order valence-electron chi connectivity index (χ3n) is 3.44. The molecule has 0 radical (unpaired) electrons. The minimum atomic E-state index is -3.55. The van der Waals surface area contributed by atoms with Gasteiger partial charge in [-0.2, -0.15) is 9.40 Å².